The topological polar surface area (TPSA) is 40.5 Å². The summed E-state index contributed by atoms with van der Waals surface area (Å²) in [6, 6.07) is 20.6. The summed E-state index contributed by atoms with van der Waals surface area (Å²) in [7, 11) is 2.07. The highest BCUT2D eigenvalue weighted by Crippen LogP contribution is 2.30. The highest BCUT2D eigenvalue weighted by Gasteiger charge is 2.19. The van der Waals surface area contributed by atoms with Crippen LogP contribution in [0.2, 0.25) is 5.02 Å². The summed E-state index contributed by atoms with van der Waals surface area (Å²) < 4.78 is 2.18. The van der Waals surface area contributed by atoms with Crippen LogP contribution in [0.15, 0.2) is 60.7 Å². The first-order chi connectivity index (χ1) is 17.0. The minimum Gasteiger partial charge on any atom is -0.368 e. The summed E-state index contributed by atoms with van der Waals surface area (Å²) in [6.07, 6.45) is 2.06. The van der Waals surface area contributed by atoms with E-state index in [0.29, 0.717) is 6.54 Å². The second-order valence-electron chi connectivity index (χ2n) is 9.51. The molecule has 1 N–H and O–H groups in total. The Bertz CT molecular complexity index is 1350. The van der Waals surface area contributed by atoms with E-state index in [1.54, 1.807) is 0 Å². The van der Waals surface area contributed by atoms with Crippen LogP contribution in [0, 0.1) is 6.92 Å². The van der Waals surface area contributed by atoms with Gasteiger partial charge in [-0.2, -0.15) is 0 Å². The zero-order valence-electron chi connectivity index (χ0n) is 20.6. The Morgan fingerprint density at radius 2 is 1.69 bits per heavy atom. The minimum atomic E-state index is 0.00322. The number of aryl methyl sites for hydroxylation is 2. The maximum Gasteiger partial charge on any atom is 0.251 e. The average molecular weight is 489 g/mol. The van der Waals surface area contributed by atoms with Crippen LogP contribution in [0.25, 0.3) is 21.8 Å². The highest BCUT2D eigenvalue weighted by atomic mass is 35.5. The molecule has 5 nitrogen and oxygen atoms in total. The average Bonchev–Trinajstić information content (AvgIpc) is 3.17. The van der Waals surface area contributed by atoms with Crippen LogP contribution in [0.5, 0.6) is 0 Å². The van der Waals surface area contributed by atoms with Gasteiger partial charge in [0.25, 0.3) is 5.91 Å². The number of amides is 1. The Labute approximate surface area is 212 Å². The molecule has 0 aliphatic carbocycles. The van der Waals surface area contributed by atoms with Gasteiger partial charge < -0.3 is 14.8 Å². The van der Waals surface area contributed by atoms with Gasteiger partial charge in [-0.1, -0.05) is 41.9 Å². The van der Waals surface area contributed by atoms with E-state index in [2.05, 4.69) is 70.1 Å². The Hall–Kier alpha value is -3.02. The van der Waals surface area contributed by atoms with Crippen molar-refractivity contribution in [1.29, 1.82) is 0 Å². The molecule has 3 aromatic carbocycles. The Morgan fingerprint density at radius 1 is 0.914 bits per heavy atom. The van der Waals surface area contributed by atoms with E-state index in [9.17, 15) is 4.79 Å². The van der Waals surface area contributed by atoms with E-state index in [4.69, 9.17) is 11.6 Å². The molecule has 1 fully saturated rings. The molecule has 0 bridgehead atoms. The number of carbonyl (C=O) groups is 1. The molecule has 1 aromatic heterocycles. The summed E-state index contributed by atoms with van der Waals surface area (Å²) in [4.78, 5) is 17.7. The third kappa shape index (κ3) is 4.89. The zero-order valence-corrected chi connectivity index (χ0v) is 21.3. The molecule has 1 saturated heterocycles. The number of benzene rings is 3. The molecule has 1 aliphatic rings. The Kier molecular flexibility index (Phi) is 6.98. The summed E-state index contributed by atoms with van der Waals surface area (Å²) in [6.45, 7) is 7.90. The minimum absolute atomic E-state index is 0.00322. The molecule has 1 aliphatic heterocycles. The summed E-state index contributed by atoms with van der Waals surface area (Å²) in [5.74, 6) is 0.00322. The lowest BCUT2D eigenvalue weighted by molar-refractivity contribution is 0.0952. The first kappa shape index (κ1) is 23.7. The van der Waals surface area contributed by atoms with Gasteiger partial charge >= 0.3 is 0 Å². The molecule has 2 heterocycles. The molecule has 35 heavy (non-hydrogen) atoms. The largest absolute Gasteiger partial charge is 0.368 e. The van der Waals surface area contributed by atoms with Crippen LogP contribution >= 0.6 is 11.6 Å². The van der Waals surface area contributed by atoms with E-state index in [-0.39, 0.29) is 5.91 Å². The molecule has 0 radical (unpaired) electrons. The van der Waals surface area contributed by atoms with Gasteiger partial charge in [-0.05, 0) is 62.2 Å². The van der Waals surface area contributed by atoms with Gasteiger partial charge in [0.2, 0.25) is 0 Å². The zero-order chi connectivity index (χ0) is 24.4. The quantitative estimate of drug-likeness (QED) is 0.343. The lowest BCUT2D eigenvalue weighted by atomic mass is 10.1. The molecule has 0 atom stereocenters. The second kappa shape index (κ2) is 10.3. The number of para-hydroxylation sites is 1. The van der Waals surface area contributed by atoms with Crippen LogP contribution in [-0.4, -0.2) is 54.6 Å². The maximum atomic E-state index is 12.8. The Balaban J connectivity index is 1.08. The molecule has 182 valence electrons. The number of unbranched alkanes of at least 4 members (excludes halogenated alkanes) is 1. The van der Waals surface area contributed by atoms with E-state index < -0.39 is 0 Å². The molecular weight excluding hydrogens is 456 g/mol. The SMILES string of the molecule is Cc1cccc(N2CCN(CCCCNC(=O)c3ccc4c(c3)c3ccccc3n4C)CC2)c1Cl. The number of hydrogen-bond donors (Lipinski definition) is 1. The number of carbonyl (C=O) groups excluding carboxylic acids is 1. The van der Waals surface area contributed by atoms with E-state index >= 15 is 0 Å². The summed E-state index contributed by atoms with van der Waals surface area (Å²) in [5, 5.41) is 6.29. The van der Waals surface area contributed by atoms with Crippen molar-refractivity contribution in [1.82, 2.24) is 14.8 Å². The van der Waals surface area contributed by atoms with E-state index in [1.165, 1.54) is 10.9 Å². The second-order valence-corrected chi connectivity index (χ2v) is 9.89. The highest BCUT2D eigenvalue weighted by molar-refractivity contribution is 6.34. The number of halogens is 1. The van der Waals surface area contributed by atoms with E-state index in [0.717, 1.165) is 78.3 Å². The van der Waals surface area contributed by atoms with Crippen LogP contribution < -0.4 is 10.2 Å². The maximum absolute atomic E-state index is 12.8. The predicted octanol–water partition coefficient (Wildman–Crippen LogP) is 5.63. The fraction of sp³-hybridized carbons (Fsp3) is 0.345. The van der Waals surface area contributed by atoms with E-state index in [1.807, 2.05) is 24.3 Å². The fourth-order valence-electron chi connectivity index (χ4n) is 5.16. The number of nitrogens with one attached hydrogen (secondary N) is 1. The van der Waals surface area contributed by atoms with Crippen LogP contribution in [-0.2, 0) is 7.05 Å². The first-order valence-electron chi connectivity index (χ1n) is 12.5. The molecule has 1 amide bonds. The number of hydrogen-bond acceptors (Lipinski definition) is 3. The lowest BCUT2D eigenvalue weighted by Gasteiger charge is -2.36. The monoisotopic (exact) mass is 488 g/mol. The summed E-state index contributed by atoms with van der Waals surface area (Å²) in [5.41, 5.74) is 5.33. The number of fused-ring (bicyclic) bond motifs is 3. The molecule has 6 heteroatoms. The van der Waals surface area contributed by atoms with Crippen molar-refractivity contribution in [3.8, 4) is 0 Å². The number of aromatic nitrogens is 1. The molecule has 0 spiro atoms. The van der Waals surface area contributed by atoms with Gasteiger partial charge in [-0.25, -0.2) is 0 Å². The standard InChI is InChI=1S/C29H33ClN4O/c1-21-8-7-11-27(28(21)30)34-18-16-33(17-19-34)15-6-5-14-31-29(35)22-12-13-26-24(20-22)23-9-3-4-10-25(23)32(26)2/h3-4,7-13,20H,5-6,14-19H2,1-2H3,(H,31,35). The molecule has 0 saturated carbocycles. The first-order valence-corrected chi connectivity index (χ1v) is 12.9. The van der Waals surface area contributed by atoms with Crippen molar-refractivity contribution in [2.45, 2.75) is 19.8 Å². The van der Waals surface area contributed by atoms with Gasteiger partial charge in [-0.15, -0.1) is 0 Å². The molecule has 0 unspecified atom stereocenters. The van der Waals surface area contributed by atoms with Gasteiger partial charge in [0.15, 0.2) is 0 Å². The van der Waals surface area contributed by atoms with Gasteiger partial charge in [-0.3, -0.25) is 9.69 Å². The number of anilines is 1. The van der Waals surface area contributed by atoms with Crippen molar-refractivity contribution in [3.05, 3.63) is 76.8 Å². The van der Waals surface area contributed by atoms with Crippen molar-refractivity contribution < 1.29 is 4.79 Å². The molecule has 5 rings (SSSR count). The number of piperazine rings is 1. The number of rotatable bonds is 7. The summed E-state index contributed by atoms with van der Waals surface area (Å²) >= 11 is 6.52. The lowest BCUT2D eigenvalue weighted by Crippen LogP contribution is -2.46. The molecular formula is C29H33ClN4O. The fourth-order valence-corrected chi connectivity index (χ4v) is 5.41. The number of nitrogens with zero attached hydrogens (tertiary/aromatic N) is 3. The van der Waals surface area contributed by atoms with Gasteiger partial charge in [0.05, 0.1) is 10.7 Å². The normalized spacial score (nSPS) is 14.7. The third-order valence-corrected chi connectivity index (χ3v) is 7.74. The van der Waals surface area contributed by atoms with Crippen molar-refractivity contribution in [3.63, 3.8) is 0 Å². The van der Waals surface area contributed by atoms with Crippen molar-refractivity contribution in [2.75, 3.05) is 44.2 Å². The smallest absolute Gasteiger partial charge is 0.251 e. The van der Waals surface area contributed by atoms with Crippen molar-refractivity contribution >= 4 is 45.0 Å². The Morgan fingerprint density at radius 3 is 2.51 bits per heavy atom. The van der Waals surface area contributed by atoms with Gasteiger partial charge in [0, 0.05) is 67.1 Å². The van der Waals surface area contributed by atoms with Gasteiger partial charge in [0.1, 0.15) is 0 Å². The van der Waals surface area contributed by atoms with Crippen LogP contribution in [0.3, 0.4) is 0 Å². The van der Waals surface area contributed by atoms with Crippen LogP contribution in [0.4, 0.5) is 5.69 Å². The predicted molar refractivity (Wildman–Crippen MR) is 147 cm³/mol. The van der Waals surface area contributed by atoms with Crippen molar-refractivity contribution in [2.24, 2.45) is 7.05 Å². The molecule has 4 aromatic rings. The van der Waals surface area contributed by atoms with Crippen LogP contribution in [0.1, 0.15) is 28.8 Å². The third-order valence-electron chi connectivity index (χ3n) is 7.25.